The van der Waals surface area contributed by atoms with E-state index < -0.39 is 0 Å². The average molecular weight is 176 g/mol. The third-order valence-corrected chi connectivity index (χ3v) is 2.18. The summed E-state index contributed by atoms with van der Waals surface area (Å²) in [6.07, 6.45) is 0.244. The van der Waals surface area contributed by atoms with Crippen molar-refractivity contribution >= 4 is 5.57 Å². The number of rotatable bonds is 3. The molecule has 0 aromatic heterocycles. The Morgan fingerprint density at radius 3 is 2.54 bits per heavy atom. The van der Waals surface area contributed by atoms with Crippen LogP contribution in [0.4, 0.5) is 0 Å². The summed E-state index contributed by atoms with van der Waals surface area (Å²) in [4.78, 5) is 0. The van der Waals surface area contributed by atoms with Crippen molar-refractivity contribution in [1.82, 2.24) is 0 Å². The third-order valence-electron chi connectivity index (χ3n) is 2.18. The number of epoxide rings is 1. The predicted octanol–water partition coefficient (Wildman–Crippen LogP) is 2.11. The Hall–Kier alpha value is -1.28. The van der Waals surface area contributed by atoms with E-state index in [2.05, 4.69) is 6.58 Å². The zero-order valence-corrected chi connectivity index (χ0v) is 7.62. The minimum atomic E-state index is 0.244. The Balaban J connectivity index is 2.16. The van der Waals surface area contributed by atoms with Crippen LogP contribution in [0.25, 0.3) is 5.57 Å². The van der Waals surface area contributed by atoms with Gasteiger partial charge in [0, 0.05) is 0 Å². The largest absolute Gasteiger partial charge is 0.497 e. The molecule has 0 radical (unpaired) electrons. The molecule has 2 nitrogen and oxygen atoms in total. The number of benzene rings is 1. The van der Waals surface area contributed by atoms with Crippen LogP contribution in [0, 0.1) is 0 Å². The van der Waals surface area contributed by atoms with Gasteiger partial charge in [0.05, 0.1) is 13.7 Å². The summed E-state index contributed by atoms with van der Waals surface area (Å²) >= 11 is 0. The lowest BCUT2D eigenvalue weighted by atomic mass is 10.1. The predicted molar refractivity (Wildman–Crippen MR) is 51.8 cm³/mol. The molecule has 0 saturated carbocycles. The molecule has 68 valence electrons. The van der Waals surface area contributed by atoms with E-state index in [-0.39, 0.29) is 6.10 Å². The van der Waals surface area contributed by atoms with E-state index in [1.165, 1.54) is 0 Å². The monoisotopic (exact) mass is 176 g/mol. The Morgan fingerprint density at radius 2 is 2.08 bits per heavy atom. The lowest BCUT2D eigenvalue weighted by molar-refractivity contribution is 0.414. The van der Waals surface area contributed by atoms with Crippen LogP contribution in [0.2, 0.25) is 0 Å². The second-order valence-electron chi connectivity index (χ2n) is 3.08. The molecule has 2 rings (SSSR count). The van der Waals surface area contributed by atoms with Crippen LogP contribution >= 0.6 is 0 Å². The van der Waals surface area contributed by atoms with Crippen molar-refractivity contribution in [1.29, 1.82) is 0 Å². The summed E-state index contributed by atoms with van der Waals surface area (Å²) in [6, 6.07) is 7.87. The highest BCUT2D eigenvalue weighted by molar-refractivity contribution is 5.68. The molecular weight excluding hydrogens is 164 g/mol. The Labute approximate surface area is 77.8 Å². The fourth-order valence-electron chi connectivity index (χ4n) is 1.24. The topological polar surface area (TPSA) is 21.8 Å². The molecule has 1 aliphatic heterocycles. The SMILES string of the molecule is C=C(c1ccc(OC)cc1)[C@@H]1CO1. The smallest absolute Gasteiger partial charge is 0.118 e. The Bertz CT molecular complexity index is 309. The van der Waals surface area contributed by atoms with Gasteiger partial charge in [-0.05, 0) is 23.3 Å². The zero-order chi connectivity index (χ0) is 9.26. The van der Waals surface area contributed by atoms with E-state index >= 15 is 0 Å². The summed E-state index contributed by atoms with van der Waals surface area (Å²) in [7, 11) is 1.66. The molecule has 0 aliphatic carbocycles. The van der Waals surface area contributed by atoms with Gasteiger partial charge < -0.3 is 9.47 Å². The zero-order valence-electron chi connectivity index (χ0n) is 7.62. The summed E-state index contributed by atoms with van der Waals surface area (Å²) < 4.78 is 10.2. The number of hydrogen-bond donors (Lipinski definition) is 0. The van der Waals surface area contributed by atoms with Gasteiger partial charge in [-0.2, -0.15) is 0 Å². The number of methoxy groups -OCH3 is 1. The van der Waals surface area contributed by atoms with Crippen molar-refractivity contribution in [2.75, 3.05) is 13.7 Å². The van der Waals surface area contributed by atoms with Crippen molar-refractivity contribution in [3.8, 4) is 5.75 Å². The minimum Gasteiger partial charge on any atom is -0.497 e. The highest BCUT2D eigenvalue weighted by Gasteiger charge is 2.26. The van der Waals surface area contributed by atoms with E-state index in [0.717, 1.165) is 23.5 Å². The van der Waals surface area contributed by atoms with Gasteiger partial charge in [-0.1, -0.05) is 18.7 Å². The van der Waals surface area contributed by atoms with Gasteiger partial charge in [-0.25, -0.2) is 0 Å². The van der Waals surface area contributed by atoms with Crippen LogP contribution in [-0.2, 0) is 4.74 Å². The summed E-state index contributed by atoms with van der Waals surface area (Å²) in [5.41, 5.74) is 2.19. The molecule has 1 aromatic carbocycles. The van der Waals surface area contributed by atoms with Crippen molar-refractivity contribution in [3.05, 3.63) is 36.4 Å². The van der Waals surface area contributed by atoms with Gasteiger partial charge in [0.2, 0.25) is 0 Å². The molecule has 1 saturated heterocycles. The second-order valence-corrected chi connectivity index (χ2v) is 3.08. The standard InChI is InChI=1S/C11H12O2/c1-8(11-7-13-11)9-3-5-10(12-2)6-4-9/h3-6,11H,1,7H2,2H3/t11-/m0/s1. The van der Waals surface area contributed by atoms with Crippen LogP contribution in [-0.4, -0.2) is 19.8 Å². The molecule has 0 unspecified atom stereocenters. The fourth-order valence-corrected chi connectivity index (χ4v) is 1.24. The first-order chi connectivity index (χ1) is 6.31. The van der Waals surface area contributed by atoms with Crippen molar-refractivity contribution in [3.63, 3.8) is 0 Å². The average Bonchev–Trinajstić information content (AvgIpc) is 3.00. The van der Waals surface area contributed by atoms with Gasteiger partial charge in [-0.3, -0.25) is 0 Å². The van der Waals surface area contributed by atoms with E-state index in [9.17, 15) is 0 Å². The van der Waals surface area contributed by atoms with Crippen LogP contribution < -0.4 is 4.74 Å². The van der Waals surface area contributed by atoms with E-state index in [4.69, 9.17) is 9.47 Å². The van der Waals surface area contributed by atoms with E-state index in [0.29, 0.717) is 0 Å². The number of ether oxygens (including phenoxy) is 2. The maximum atomic E-state index is 5.15. The fraction of sp³-hybridized carbons (Fsp3) is 0.273. The lowest BCUT2D eigenvalue weighted by Gasteiger charge is -2.03. The van der Waals surface area contributed by atoms with Crippen molar-refractivity contribution < 1.29 is 9.47 Å². The number of hydrogen-bond acceptors (Lipinski definition) is 2. The highest BCUT2D eigenvalue weighted by atomic mass is 16.6. The molecule has 0 amide bonds. The van der Waals surface area contributed by atoms with Gasteiger partial charge in [0.15, 0.2) is 0 Å². The molecule has 1 atom stereocenters. The van der Waals surface area contributed by atoms with Gasteiger partial charge in [-0.15, -0.1) is 0 Å². The summed E-state index contributed by atoms with van der Waals surface area (Å²) in [5, 5.41) is 0. The molecule has 1 heterocycles. The molecule has 1 aliphatic rings. The molecule has 2 heteroatoms. The molecule has 0 N–H and O–H groups in total. The molecule has 0 spiro atoms. The summed E-state index contributed by atoms with van der Waals surface area (Å²) in [5.74, 6) is 0.869. The Kier molecular flexibility index (Phi) is 2.07. The van der Waals surface area contributed by atoms with Crippen LogP contribution in [0.5, 0.6) is 5.75 Å². The first-order valence-electron chi connectivity index (χ1n) is 4.26. The molecular formula is C11H12O2. The van der Waals surface area contributed by atoms with E-state index in [1.54, 1.807) is 7.11 Å². The van der Waals surface area contributed by atoms with Crippen molar-refractivity contribution in [2.45, 2.75) is 6.10 Å². The summed E-state index contributed by atoms with van der Waals surface area (Å²) in [6.45, 7) is 4.79. The van der Waals surface area contributed by atoms with Crippen molar-refractivity contribution in [2.24, 2.45) is 0 Å². The van der Waals surface area contributed by atoms with E-state index in [1.807, 2.05) is 24.3 Å². The molecule has 13 heavy (non-hydrogen) atoms. The molecule has 1 fully saturated rings. The second kappa shape index (κ2) is 3.23. The van der Waals surface area contributed by atoms with Gasteiger partial charge in [0.1, 0.15) is 11.9 Å². The third kappa shape index (κ3) is 1.73. The molecule has 0 bridgehead atoms. The minimum absolute atomic E-state index is 0.244. The maximum absolute atomic E-state index is 5.15. The first-order valence-corrected chi connectivity index (χ1v) is 4.26. The van der Waals surface area contributed by atoms with Crippen LogP contribution in [0.3, 0.4) is 0 Å². The first kappa shape index (κ1) is 8.32. The van der Waals surface area contributed by atoms with Crippen LogP contribution in [0.1, 0.15) is 5.56 Å². The quantitative estimate of drug-likeness (QED) is 0.658. The maximum Gasteiger partial charge on any atom is 0.118 e. The normalized spacial score (nSPS) is 19.6. The lowest BCUT2D eigenvalue weighted by Crippen LogP contribution is -1.90. The van der Waals surface area contributed by atoms with Gasteiger partial charge >= 0.3 is 0 Å². The Morgan fingerprint density at radius 1 is 1.46 bits per heavy atom. The molecule has 1 aromatic rings. The van der Waals surface area contributed by atoms with Gasteiger partial charge in [0.25, 0.3) is 0 Å². The highest BCUT2D eigenvalue weighted by Crippen LogP contribution is 2.27. The van der Waals surface area contributed by atoms with Crippen LogP contribution in [0.15, 0.2) is 30.8 Å².